The summed E-state index contributed by atoms with van der Waals surface area (Å²) in [6.45, 7) is -3.22. The maximum Gasteiger partial charge on any atom is 0.387 e. The van der Waals surface area contributed by atoms with Gasteiger partial charge in [-0.15, -0.1) is 12.6 Å². The number of hydrogen-bond acceptors (Lipinski definition) is 3. The van der Waals surface area contributed by atoms with E-state index in [1.54, 1.807) is 0 Å². The van der Waals surface area contributed by atoms with Crippen LogP contribution in [0.4, 0.5) is 17.6 Å². The lowest BCUT2D eigenvalue weighted by molar-refractivity contribution is -0.0525. The molecule has 0 heterocycles. The summed E-state index contributed by atoms with van der Waals surface area (Å²) in [5.74, 6) is -3.75. The third-order valence-electron chi connectivity index (χ3n) is 1.71. The number of nitrogens with two attached hydrogens (primary N) is 1. The molecule has 16 heavy (non-hydrogen) atoms. The average Bonchev–Trinajstić information content (AvgIpc) is 2.23. The van der Waals surface area contributed by atoms with E-state index in [-0.39, 0.29) is 11.3 Å². The first-order valence-corrected chi connectivity index (χ1v) is 4.52. The van der Waals surface area contributed by atoms with Crippen LogP contribution in [0.1, 0.15) is 5.56 Å². The summed E-state index contributed by atoms with van der Waals surface area (Å²) in [6, 6.07) is 1.89. The lowest BCUT2D eigenvalue weighted by atomic mass is 10.1. The van der Waals surface area contributed by atoms with Crippen molar-refractivity contribution < 1.29 is 22.3 Å². The van der Waals surface area contributed by atoms with Crippen molar-refractivity contribution in [2.75, 3.05) is 0 Å². The van der Waals surface area contributed by atoms with Crippen LogP contribution < -0.4 is 10.5 Å². The Morgan fingerprint density at radius 2 is 1.94 bits per heavy atom. The molecule has 1 rings (SSSR count). The molecule has 0 aliphatic carbocycles. The van der Waals surface area contributed by atoms with Crippen LogP contribution in [0, 0.1) is 11.6 Å². The molecule has 7 heteroatoms. The number of alkyl halides is 2. The average molecular weight is 253 g/mol. The van der Waals surface area contributed by atoms with E-state index in [0.717, 1.165) is 17.5 Å². The van der Waals surface area contributed by atoms with Crippen LogP contribution in [-0.2, 0) is 0 Å². The van der Waals surface area contributed by atoms with Crippen molar-refractivity contribution >= 4 is 18.3 Å². The van der Waals surface area contributed by atoms with Crippen molar-refractivity contribution in [2.45, 2.75) is 6.61 Å². The van der Waals surface area contributed by atoms with E-state index in [4.69, 9.17) is 5.73 Å². The minimum atomic E-state index is -3.22. The lowest BCUT2D eigenvalue weighted by Crippen LogP contribution is -2.07. The predicted molar refractivity (Wildman–Crippen MR) is 54.1 cm³/mol. The maximum absolute atomic E-state index is 13.3. The van der Waals surface area contributed by atoms with Gasteiger partial charge in [0.15, 0.2) is 11.6 Å². The molecule has 0 aromatic heterocycles. The van der Waals surface area contributed by atoms with Crippen molar-refractivity contribution in [1.29, 1.82) is 0 Å². The topological polar surface area (TPSA) is 35.2 Å². The monoisotopic (exact) mass is 253 g/mol. The lowest BCUT2D eigenvalue weighted by Gasteiger charge is -2.09. The van der Waals surface area contributed by atoms with Crippen LogP contribution in [0.25, 0.3) is 5.70 Å². The van der Waals surface area contributed by atoms with Gasteiger partial charge in [-0.3, -0.25) is 0 Å². The largest absolute Gasteiger partial charge is 0.432 e. The second-order valence-corrected chi connectivity index (χ2v) is 2.96. The van der Waals surface area contributed by atoms with Crippen molar-refractivity contribution in [1.82, 2.24) is 0 Å². The molecule has 1 aromatic carbocycles. The van der Waals surface area contributed by atoms with Crippen molar-refractivity contribution in [3.63, 3.8) is 0 Å². The van der Waals surface area contributed by atoms with Gasteiger partial charge in [0.05, 0.1) is 0 Å². The highest BCUT2D eigenvalue weighted by Crippen LogP contribution is 2.26. The first kappa shape index (κ1) is 12.7. The molecule has 0 spiro atoms. The van der Waals surface area contributed by atoms with Gasteiger partial charge in [-0.05, 0) is 17.5 Å². The summed E-state index contributed by atoms with van der Waals surface area (Å²) in [5.41, 5.74) is 4.91. The normalized spacial score (nSPS) is 12.0. The summed E-state index contributed by atoms with van der Waals surface area (Å²) >= 11 is 3.66. The van der Waals surface area contributed by atoms with Gasteiger partial charge in [-0.25, -0.2) is 4.39 Å². The van der Waals surface area contributed by atoms with E-state index in [1.165, 1.54) is 0 Å². The zero-order chi connectivity index (χ0) is 12.3. The number of rotatable bonds is 3. The van der Waals surface area contributed by atoms with E-state index in [9.17, 15) is 17.6 Å². The van der Waals surface area contributed by atoms with E-state index >= 15 is 0 Å². The molecular formula is C9H7F4NOS. The molecule has 2 N–H and O–H groups in total. The molecule has 0 bridgehead atoms. The van der Waals surface area contributed by atoms with Gasteiger partial charge in [0.1, 0.15) is 0 Å². The van der Waals surface area contributed by atoms with Gasteiger partial charge in [0.25, 0.3) is 0 Å². The SMILES string of the molecule is N/C(=C\S)c1ccc(OC(F)F)c(F)c1F. The number of thiol groups is 1. The standard InChI is InChI=1S/C9H7F4NOS/c10-7-4(5(14)3-16)1-2-6(8(7)11)15-9(12)13/h1-3,9,16H,14H2/b5-3-. The van der Waals surface area contributed by atoms with Gasteiger partial charge in [-0.2, -0.15) is 13.2 Å². The number of hydrogen-bond donors (Lipinski definition) is 2. The maximum atomic E-state index is 13.3. The van der Waals surface area contributed by atoms with Crippen LogP contribution in [0.5, 0.6) is 5.75 Å². The summed E-state index contributed by atoms with van der Waals surface area (Å²) in [6.07, 6.45) is 0. The molecule has 0 unspecified atom stereocenters. The van der Waals surface area contributed by atoms with Crippen LogP contribution >= 0.6 is 12.6 Å². The molecular weight excluding hydrogens is 246 g/mol. The molecule has 0 atom stereocenters. The fourth-order valence-corrected chi connectivity index (χ4v) is 1.15. The van der Waals surface area contributed by atoms with Crippen LogP contribution in [0.2, 0.25) is 0 Å². The number of ether oxygens (including phenoxy) is 1. The molecule has 0 saturated carbocycles. The van der Waals surface area contributed by atoms with Gasteiger partial charge in [0.2, 0.25) is 5.82 Å². The first-order chi connectivity index (χ1) is 7.47. The summed E-state index contributed by atoms with van der Waals surface area (Å²) in [4.78, 5) is 0. The van der Waals surface area contributed by atoms with E-state index in [0.29, 0.717) is 0 Å². The molecule has 0 aliphatic rings. The minimum absolute atomic E-state index is 0.122. The van der Waals surface area contributed by atoms with E-state index in [1.807, 2.05) is 0 Å². The van der Waals surface area contributed by atoms with Crippen molar-refractivity contribution in [3.8, 4) is 5.75 Å². The predicted octanol–water partition coefficient (Wildman–Crippen LogP) is 2.75. The number of halogens is 4. The Labute approximate surface area is 94.1 Å². The van der Waals surface area contributed by atoms with Crippen molar-refractivity contribution in [3.05, 3.63) is 34.7 Å². The highest BCUT2D eigenvalue weighted by molar-refractivity contribution is 7.83. The quantitative estimate of drug-likeness (QED) is 0.641. The zero-order valence-corrected chi connectivity index (χ0v) is 8.65. The Bertz CT molecular complexity index is 422. The van der Waals surface area contributed by atoms with E-state index in [2.05, 4.69) is 17.4 Å². The first-order valence-electron chi connectivity index (χ1n) is 4.00. The van der Waals surface area contributed by atoms with E-state index < -0.39 is 24.0 Å². The Morgan fingerprint density at radius 3 is 2.44 bits per heavy atom. The Kier molecular flexibility index (Phi) is 4.05. The molecule has 88 valence electrons. The molecule has 0 saturated heterocycles. The van der Waals surface area contributed by atoms with Gasteiger partial charge in [0, 0.05) is 11.3 Å². The van der Waals surface area contributed by atoms with Gasteiger partial charge in [-0.1, -0.05) is 0 Å². The van der Waals surface area contributed by atoms with Gasteiger partial charge >= 0.3 is 6.61 Å². The third-order valence-corrected chi connectivity index (χ3v) is 1.99. The van der Waals surface area contributed by atoms with Crippen LogP contribution in [0.3, 0.4) is 0 Å². The Morgan fingerprint density at radius 1 is 1.31 bits per heavy atom. The second-order valence-electron chi connectivity index (χ2n) is 2.70. The molecule has 1 aromatic rings. The second kappa shape index (κ2) is 5.11. The molecule has 2 nitrogen and oxygen atoms in total. The van der Waals surface area contributed by atoms with Crippen LogP contribution in [0.15, 0.2) is 17.5 Å². The minimum Gasteiger partial charge on any atom is -0.432 e. The Balaban J connectivity index is 3.18. The molecule has 0 radical (unpaired) electrons. The molecule has 0 fully saturated rings. The summed E-state index contributed by atoms with van der Waals surface area (Å²) < 4.78 is 53.8. The summed E-state index contributed by atoms with van der Waals surface area (Å²) in [5, 5.41) is 1.06. The smallest absolute Gasteiger partial charge is 0.387 e. The summed E-state index contributed by atoms with van der Waals surface area (Å²) in [7, 11) is 0. The Hall–Kier alpha value is -1.37. The third kappa shape index (κ3) is 2.60. The highest BCUT2D eigenvalue weighted by atomic mass is 32.1. The van der Waals surface area contributed by atoms with Crippen molar-refractivity contribution in [2.24, 2.45) is 5.73 Å². The number of benzene rings is 1. The van der Waals surface area contributed by atoms with Crippen LogP contribution in [-0.4, -0.2) is 6.61 Å². The fourth-order valence-electron chi connectivity index (χ4n) is 1.01. The fraction of sp³-hybridized carbons (Fsp3) is 0.111. The molecule has 0 amide bonds. The van der Waals surface area contributed by atoms with Gasteiger partial charge < -0.3 is 10.5 Å². The highest BCUT2D eigenvalue weighted by Gasteiger charge is 2.18. The molecule has 0 aliphatic heterocycles. The zero-order valence-electron chi connectivity index (χ0n) is 7.75.